The number of hydrogen-bond acceptors (Lipinski definition) is 2. The molecule has 3 unspecified atom stereocenters. The first kappa shape index (κ1) is 13.4. The van der Waals surface area contributed by atoms with Crippen LogP contribution in [0.3, 0.4) is 0 Å². The minimum atomic E-state index is 0.129. The molecule has 2 heteroatoms. The zero-order valence-corrected chi connectivity index (χ0v) is 12.2. The summed E-state index contributed by atoms with van der Waals surface area (Å²) in [4.78, 5) is 0. The van der Waals surface area contributed by atoms with E-state index in [9.17, 15) is 0 Å². The van der Waals surface area contributed by atoms with E-state index >= 15 is 0 Å². The van der Waals surface area contributed by atoms with Gasteiger partial charge in [0.1, 0.15) is 11.9 Å². The van der Waals surface area contributed by atoms with Crippen LogP contribution in [0.2, 0.25) is 0 Å². The lowest BCUT2D eigenvalue weighted by Crippen LogP contribution is -2.61. The number of benzene rings is 1. The van der Waals surface area contributed by atoms with Gasteiger partial charge in [0.15, 0.2) is 0 Å². The molecule has 0 amide bonds. The molecule has 2 nitrogen and oxygen atoms in total. The Morgan fingerprint density at radius 2 is 1.83 bits per heavy atom. The molecule has 0 aliphatic heterocycles. The lowest BCUT2D eigenvalue weighted by molar-refractivity contribution is -0.0566. The van der Waals surface area contributed by atoms with Crippen molar-refractivity contribution in [2.45, 2.75) is 59.6 Å². The summed E-state index contributed by atoms with van der Waals surface area (Å²) in [6.45, 7) is 10.8. The lowest BCUT2D eigenvalue weighted by Gasteiger charge is -2.51. The van der Waals surface area contributed by atoms with Gasteiger partial charge in [0.25, 0.3) is 0 Å². The molecule has 2 rings (SSSR count). The molecule has 1 aromatic carbocycles. The van der Waals surface area contributed by atoms with E-state index < -0.39 is 0 Å². The van der Waals surface area contributed by atoms with Crippen LogP contribution in [-0.4, -0.2) is 12.1 Å². The number of nitrogens with two attached hydrogens (primary N) is 1. The van der Waals surface area contributed by atoms with E-state index in [-0.39, 0.29) is 17.6 Å². The third-order valence-electron chi connectivity index (χ3n) is 4.68. The summed E-state index contributed by atoms with van der Waals surface area (Å²) < 4.78 is 6.26. The Morgan fingerprint density at radius 1 is 1.28 bits per heavy atom. The molecule has 1 aliphatic rings. The molecule has 1 saturated carbocycles. The molecule has 100 valence electrons. The van der Waals surface area contributed by atoms with Gasteiger partial charge in [0, 0.05) is 17.9 Å². The third kappa shape index (κ3) is 2.03. The summed E-state index contributed by atoms with van der Waals surface area (Å²) >= 11 is 0. The van der Waals surface area contributed by atoms with Gasteiger partial charge < -0.3 is 10.5 Å². The minimum absolute atomic E-state index is 0.129. The Bertz CT molecular complexity index is 431. The van der Waals surface area contributed by atoms with Crippen molar-refractivity contribution in [1.29, 1.82) is 0 Å². The lowest BCUT2D eigenvalue weighted by atomic mass is 9.62. The number of hydrogen-bond donors (Lipinski definition) is 1. The average molecular weight is 247 g/mol. The van der Waals surface area contributed by atoms with Crippen LogP contribution in [0.5, 0.6) is 5.75 Å². The first-order chi connectivity index (χ1) is 8.38. The van der Waals surface area contributed by atoms with Gasteiger partial charge in [0.2, 0.25) is 0 Å². The fraction of sp³-hybridized carbons (Fsp3) is 0.625. The Balaban J connectivity index is 2.21. The van der Waals surface area contributed by atoms with Gasteiger partial charge in [-0.05, 0) is 38.3 Å². The first-order valence-corrected chi connectivity index (χ1v) is 6.88. The van der Waals surface area contributed by atoms with Gasteiger partial charge in [-0.3, -0.25) is 0 Å². The normalized spacial score (nSPS) is 31.0. The SMILES string of the molecule is CCC1(C)C(N)CC1Oc1c(C)cc(C)cc1C. The van der Waals surface area contributed by atoms with E-state index in [0.29, 0.717) is 0 Å². The number of aryl methyl sites for hydroxylation is 3. The predicted molar refractivity (Wildman–Crippen MR) is 76.1 cm³/mol. The Morgan fingerprint density at radius 3 is 2.28 bits per heavy atom. The van der Waals surface area contributed by atoms with Crippen LogP contribution in [0.1, 0.15) is 43.4 Å². The maximum absolute atomic E-state index is 6.26. The van der Waals surface area contributed by atoms with Crippen molar-refractivity contribution in [2.75, 3.05) is 0 Å². The standard InChI is InChI=1S/C16H25NO/c1-6-16(5)13(17)9-14(16)18-15-11(3)7-10(2)8-12(15)4/h7-8,13-14H,6,9,17H2,1-5H3. The van der Waals surface area contributed by atoms with E-state index in [4.69, 9.17) is 10.5 Å². The summed E-state index contributed by atoms with van der Waals surface area (Å²) in [6.07, 6.45) is 2.30. The van der Waals surface area contributed by atoms with Crippen LogP contribution in [-0.2, 0) is 0 Å². The molecular formula is C16H25NO. The van der Waals surface area contributed by atoms with E-state index in [1.54, 1.807) is 0 Å². The molecule has 18 heavy (non-hydrogen) atoms. The van der Waals surface area contributed by atoms with Crippen molar-refractivity contribution in [3.05, 3.63) is 28.8 Å². The molecule has 2 N–H and O–H groups in total. The van der Waals surface area contributed by atoms with Crippen LogP contribution in [0.25, 0.3) is 0 Å². The van der Waals surface area contributed by atoms with Crippen LogP contribution in [0.15, 0.2) is 12.1 Å². The summed E-state index contributed by atoms with van der Waals surface area (Å²) in [7, 11) is 0. The van der Waals surface area contributed by atoms with E-state index in [2.05, 4.69) is 46.8 Å². The van der Waals surface area contributed by atoms with Gasteiger partial charge in [-0.25, -0.2) is 0 Å². The highest BCUT2D eigenvalue weighted by Gasteiger charge is 2.50. The van der Waals surface area contributed by atoms with Crippen molar-refractivity contribution >= 4 is 0 Å². The minimum Gasteiger partial charge on any atom is -0.489 e. The summed E-state index contributed by atoms with van der Waals surface area (Å²) in [5, 5.41) is 0. The first-order valence-electron chi connectivity index (χ1n) is 6.88. The van der Waals surface area contributed by atoms with Crippen molar-refractivity contribution < 1.29 is 4.74 Å². The van der Waals surface area contributed by atoms with Gasteiger partial charge in [-0.1, -0.05) is 31.5 Å². The highest BCUT2D eigenvalue weighted by Crippen LogP contribution is 2.45. The topological polar surface area (TPSA) is 35.2 Å². The second kappa shape index (κ2) is 4.58. The zero-order chi connectivity index (χ0) is 13.5. The van der Waals surface area contributed by atoms with Gasteiger partial charge in [0.05, 0.1) is 0 Å². The van der Waals surface area contributed by atoms with Crippen molar-refractivity contribution in [2.24, 2.45) is 11.1 Å². The van der Waals surface area contributed by atoms with Crippen LogP contribution in [0.4, 0.5) is 0 Å². The summed E-state index contributed by atoms with van der Waals surface area (Å²) in [5.74, 6) is 1.05. The quantitative estimate of drug-likeness (QED) is 0.887. The van der Waals surface area contributed by atoms with Crippen molar-refractivity contribution in [3.63, 3.8) is 0 Å². The average Bonchev–Trinajstić information content (AvgIpc) is 2.30. The maximum atomic E-state index is 6.26. The molecule has 3 atom stereocenters. The number of rotatable bonds is 3. The van der Waals surface area contributed by atoms with Gasteiger partial charge >= 0.3 is 0 Å². The maximum Gasteiger partial charge on any atom is 0.125 e. The molecule has 0 spiro atoms. The van der Waals surface area contributed by atoms with Crippen LogP contribution in [0, 0.1) is 26.2 Å². The molecule has 0 heterocycles. The molecule has 0 radical (unpaired) electrons. The van der Waals surface area contributed by atoms with Gasteiger partial charge in [-0.2, -0.15) is 0 Å². The van der Waals surface area contributed by atoms with Crippen LogP contribution >= 0.6 is 0 Å². The zero-order valence-electron chi connectivity index (χ0n) is 12.2. The molecule has 0 aromatic heterocycles. The van der Waals surface area contributed by atoms with Crippen LogP contribution < -0.4 is 10.5 Å². The molecule has 1 aromatic rings. The largest absolute Gasteiger partial charge is 0.489 e. The van der Waals surface area contributed by atoms with E-state index in [0.717, 1.165) is 18.6 Å². The molecular weight excluding hydrogens is 222 g/mol. The monoisotopic (exact) mass is 247 g/mol. The van der Waals surface area contributed by atoms with Gasteiger partial charge in [-0.15, -0.1) is 0 Å². The van der Waals surface area contributed by atoms with Crippen molar-refractivity contribution in [3.8, 4) is 5.75 Å². The highest BCUT2D eigenvalue weighted by atomic mass is 16.5. The summed E-state index contributed by atoms with van der Waals surface area (Å²) in [6, 6.07) is 4.65. The third-order valence-corrected chi connectivity index (χ3v) is 4.68. The predicted octanol–water partition coefficient (Wildman–Crippen LogP) is 3.51. The van der Waals surface area contributed by atoms with E-state index in [1.165, 1.54) is 16.7 Å². The Labute approximate surface area is 111 Å². The number of ether oxygens (including phenoxy) is 1. The second-order valence-electron chi connectivity index (χ2n) is 6.04. The van der Waals surface area contributed by atoms with E-state index in [1.807, 2.05) is 0 Å². The van der Waals surface area contributed by atoms with Crippen molar-refractivity contribution in [1.82, 2.24) is 0 Å². The molecule has 0 saturated heterocycles. The summed E-state index contributed by atoms with van der Waals surface area (Å²) in [5.41, 5.74) is 10.0. The smallest absolute Gasteiger partial charge is 0.125 e. The fourth-order valence-electron chi connectivity index (χ4n) is 3.01. The highest BCUT2D eigenvalue weighted by molar-refractivity contribution is 5.43. The molecule has 1 fully saturated rings. The molecule has 1 aliphatic carbocycles. The Kier molecular flexibility index (Phi) is 3.41. The fourth-order valence-corrected chi connectivity index (χ4v) is 3.01. The second-order valence-corrected chi connectivity index (χ2v) is 6.04. The molecule has 0 bridgehead atoms. The Hall–Kier alpha value is -1.02.